The van der Waals surface area contributed by atoms with Crippen molar-refractivity contribution in [2.75, 3.05) is 21.2 Å². The van der Waals surface area contributed by atoms with Gasteiger partial charge < -0.3 is 41.5 Å². The smallest absolute Gasteiger partial charge is 0.230 e. The Hall–Kier alpha value is -3.77. The third-order valence-electron chi connectivity index (χ3n) is 8.78. The molecule has 0 radical (unpaired) electrons. The second kappa shape index (κ2) is 9.70. The summed E-state index contributed by atoms with van der Waals surface area (Å²) in [5.41, 5.74) is 11.3. The van der Waals surface area contributed by atoms with Crippen LogP contribution in [0.25, 0.3) is 16.9 Å². The summed E-state index contributed by atoms with van der Waals surface area (Å²) in [5, 5.41) is 45.0. The molecular weight excluding hydrogens is 518 g/mol. The van der Waals surface area contributed by atoms with E-state index in [9.17, 15) is 34.8 Å². The number of hydrogen-bond acceptors (Lipinski definition) is 10. The van der Waals surface area contributed by atoms with Crippen molar-refractivity contribution in [3.05, 3.63) is 52.6 Å². The highest BCUT2D eigenvalue weighted by atomic mass is 16.5. The lowest BCUT2D eigenvalue weighted by atomic mass is 9.54. The van der Waals surface area contributed by atoms with Gasteiger partial charge in [-0.15, -0.1) is 0 Å². The molecule has 0 heterocycles. The lowest BCUT2D eigenvalue weighted by Crippen LogP contribution is -2.73. The first-order chi connectivity index (χ1) is 18.9. The van der Waals surface area contributed by atoms with Crippen LogP contribution in [0.5, 0.6) is 11.5 Å². The van der Waals surface area contributed by atoms with Crippen molar-refractivity contribution in [3.8, 4) is 22.6 Å². The number of carbonyl (C=O) groups excluding carboxylic acids is 3. The van der Waals surface area contributed by atoms with E-state index in [0.29, 0.717) is 16.9 Å². The van der Waals surface area contributed by atoms with E-state index in [0.717, 1.165) is 11.1 Å². The molecule has 0 aromatic heterocycles. The van der Waals surface area contributed by atoms with Crippen LogP contribution in [0.1, 0.15) is 23.1 Å². The van der Waals surface area contributed by atoms with Gasteiger partial charge in [-0.3, -0.25) is 14.4 Å². The highest BCUT2D eigenvalue weighted by Crippen LogP contribution is 2.53. The fraction of sp³-hybridized carbons (Fsp3) is 0.414. The van der Waals surface area contributed by atoms with E-state index in [2.05, 4.69) is 0 Å². The number of Topliss-reactive ketones (excluding diaryl/α,β-unsaturated/α-hetero) is 2. The Kier molecular flexibility index (Phi) is 6.74. The van der Waals surface area contributed by atoms with E-state index in [-0.39, 0.29) is 36.3 Å². The molecule has 11 nitrogen and oxygen atoms in total. The Balaban J connectivity index is 1.69. The molecule has 6 atom stereocenters. The minimum atomic E-state index is -2.69. The van der Waals surface area contributed by atoms with Crippen molar-refractivity contribution in [1.82, 2.24) is 4.90 Å². The summed E-state index contributed by atoms with van der Waals surface area (Å²) < 4.78 is 5.38. The number of aliphatic hydroxyl groups is 3. The molecule has 3 aliphatic rings. The van der Waals surface area contributed by atoms with Gasteiger partial charge >= 0.3 is 0 Å². The zero-order valence-electron chi connectivity index (χ0n) is 22.4. The summed E-state index contributed by atoms with van der Waals surface area (Å²) >= 11 is 0. The first kappa shape index (κ1) is 27.8. The van der Waals surface area contributed by atoms with Crippen LogP contribution in [0.2, 0.25) is 0 Å². The van der Waals surface area contributed by atoms with Gasteiger partial charge in [0.05, 0.1) is 18.8 Å². The summed E-state index contributed by atoms with van der Waals surface area (Å²) in [5.74, 6) is -7.12. The molecule has 0 bridgehead atoms. The highest BCUT2D eigenvalue weighted by molar-refractivity contribution is 6.25. The van der Waals surface area contributed by atoms with Crippen molar-refractivity contribution in [2.45, 2.75) is 37.1 Å². The molecule has 2 aromatic rings. The summed E-state index contributed by atoms with van der Waals surface area (Å²) in [6, 6.07) is 7.62. The van der Waals surface area contributed by atoms with Crippen LogP contribution in [0.3, 0.4) is 0 Å². The molecule has 11 heteroatoms. The fourth-order valence-corrected chi connectivity index (χ4v) is 6.98. The van der Waals surface area contributed by atoms with E-state index in [4.69, 9.17) is 16.2 Å². The van der Waals surface area contributed by atoms with Gasteiger partial charge in [0.1, 0.15) is 23.2 Å². The zero-order valence-corrected chi connectivity index (χ0v) is 22.4. The third-order valence-corrected chi connectivity index (χ3v) is 8.78. The number of hydrogen-bond donors (Lipinski definition) is 6. The SMILES string of the molecule is COc1ccc(-c2ccc(O)c3c2C[C@@H]2C[C@@H]4[C@@H](N(C)C)C(O)C(C(N)=O)C(=O)[C@]4(O)C(=O)C2=C3O)cc1CN. The molecule has 2 saturated carbocycles. The standard InChI is InChI=1S/C29H33N3O8/c1-32(2)23-17-10-13-9-16-15(12-4-7-19(40-3)14(8-12)11-30)5-6-18(33)21(16)24(34)20(13)26(36)29(17,39)27(37)22(25(23)35)28(31)38/h4-8,13,17,22-23,25,33-35,39H,9-11,30H2,1-3H3,(H2,31,38)/t13-,17-,22?,23-,25?,29-/m1/s1. The number of carbonyl (C=O) groups is 3. The number of nitrogens with zero attached hydrogens (tertiary/aromatic N) is 1. The minimum Gasteiger partial charge on any atom is -0.507 e. The number of phenols is 1. The van der Waals surface area contributed by atoms with Crippen LogP contribution < -0.4 is 16.2 Å². The maximum absolute atomic E-state index is 14.0. The minimum absolute atomic E-state index is 0.0307. The molecule has 2 fully saturated rings. The number of ether oxygens (including phenoxy) is 1. The zero-order chi connectivity index (χ0) is 29.3. The summed E-state index contributed by atoms with van der Waals surface area (Å²) in [6.45, 7) is 0.221. The molecule has 1 amide bonds. The number of likely N-dealkylation sites (N-methyl/N-ethyl adjacent to an activating group) is 1. The Bertz CT molecular complexity index is 1470. The van der Waals surface area contributed by atoms with Crippen LogP contribution >= 0.6 is 0 Å². The Morgan fingerprint density at radius 2 is 1.88 bits per heavy atom. The number of nitrogens with two attached hydrogens (primary N) is 2. The summed E-state index contributed by atoms with van der Waals surface area (Å²) in [7, 11) is 4.77. The fourth-order valence-electron chi connectivity index (χ4n) is 6.98. The average Bonchev–Trinajstić information content (AvgIpc) is 2.90. The van der Waals surface area contributed by atoms with Gasteiger partial charge in [0.25, 0.3) is 0 Å². The quantitative estimate of drug-likeness (QED) is 0.280. The van der Waals surface area contributed by atoms with Gasteiger partial charge in [0.15, 0.2) is 11.4 Å². The molecule has 2 unspecified atom stereocenters. The predicted octanol–water partition coefficient (Wildman–Crippen LogP) is 0.263. The second-order valence-electron chi connectivity index (χ2n) is 11.0. The first-order valence-electron chi connectivity index (χ1n) is 13.0. The number of fused-ring (bicyclic) bond motifs is 3. The molecule has 0 aliphatic heterocycles. The van der Waals surface area contributed by atoms with E-state index in [1.165, 1.54) is 6.07 Å². The Morgan fingerprint density at radius 1 is 1.18 bits per heavy atom. The number of phenolic OH excluding ortho intramolecular Hbond substituents is 1. The number of amides is 1. The largest absolute Gasteiger partial charge is 0.507 e. The van der Waals surface area contributed by atoms with Gasteiger partial charge in [-0.1, -0.05) is 12.1 Å². The summed E-state index contributed by atoms with van der Waals surface area (Å²) in [4.78, 5) is 41.1. The molecule has 3 aliphatic carbocycles. The van der Waals surface area contributed by atoms with E-state index in [1.54, 1.807) is 38.2 Å². The molecule has 8 N–H and O–H groups in total. The average molecular weight is 552 g/mol. The number of methoxy groups -OCH3 is 1. The number of ketones is 2. The van der Waals surface area contributed by atoms with Gasteiger partial charge in [-0.25, -0.2) is 0 Å². The number of aliphatic hydroxyl groups excluding tert-OH is 2. The second-order valence-corrected chi connectivity index (χ2v) is 11.0. The number of benzene rings is 2. The summed E-state index contributed by atoms with van der Waals surface area (Å²) in [6.07, 6.45) is -1.30. The molecule has 212 valence electrons. The Labute approximate surface area is 230 Å². The van der Waals surface area contributed by atoms with Crippen molar-refractivity contribution in [3.63, 3.8) is 0 Å². The molecule has 2 aromatic carbocycles. The van der Waals surface area contributed by atoms with Crippen molar-refractivity contribution in [2.24, 2.45) is 29.2 Å². The molecule has 0 saturated heterocycles. The van der Waals surface area contributed by atoms with Crippen LogP contribution in [-0.2, 0) is 27.3 Å². The predicted molar refractivity (Wildman–Crippen MR) is 144 cm³/mol. The van der Waals surface area contributed by atoms with Crippen LogP contribution in [0.4, 0.5) is 0 Å². The number of primary amides is 1. The van der Waals surface area contributed by atoms with E-state index in [1.807, 2.05) is 12.1 Å². The number of rotatable bonds is 5. The lowest BCUT2D eigenvalue weighted by molar-refractivity contribution is -0.184. The molecule has 40 heavy (non-hydrogen) atoms. The number of aromatic hydroxyl groups is 1. The van der Waals surface area contributed by atoms with Crippen molar-refractivity contribution >= 4 is 23.2 Å². The Morgan fingerprint density at radius 3 is 2.48 bits per heavy atom. The topological polar surface area (TPSA) is 197 Å². The normalized spacial score (nSPS) is 29.6. The van der Waals surface area contributed by atoms with E-state index < -0.39 is 58.7 Å². The highest BCUT2D eigenvalue weighted by Gasteiger charge is 2.67. The van der Waals surface area contributed by atoms with Gasteiger partial charge in [0, 0.05) is 29.6 Å². The van der Waals surface area contributed by atoms with Crippen LogP contribution in [-0.4, -0.2) is 81.8 Å². The van der Waals surface area contributed by atoms with Crippen molar-refractivity contribution in [1.29, 1.82) is 0 Å². The maximum Gasteiger partial charge on any atom is 0.230 e. The van der Waals surface area contributed by atoms with Gasteiger partial charge in [-0.05, 0) is 67.7 Å². The lowest BCUT2D eigenvalue weighted by Gasteiger charge is -2.53. The first-order valence-corrected chi connectivity index (χ1v) is 13.0. The van der Waals surface area contributed by atoms with Gasteiger partial charge in [-0.2, -0.15) is 0 Å². The van der Waals surface area contributed by atoms with Crippen molar-refractivity contribution < 1.29 is 39.5 Å². The monoisotopic (exact) mass is 551 g/mol. The molecule has 0 spiro atoms. The van der Waals surface area contributed by atoms with E-state index >= 15 is 0 Å². The van der Waals surface area contributed by atoms with Gasteiger partial charge in [0.2, 0.25) is 11.7 Å². The molecular formula is C29H33N3O8. The molecule has 5 rings (SSSR count). The van der Waals surface area contributed by atoms with Crippen LogP contribution in [0.15, 0.2) is 35.9 Å². The maximum atomic E-state index is 14.0. The third kappa shape index (κ3) is 3.76. The van der Waals surface area contributed by atoms with Crippen LogP contribution in [0, 0.1) is 17.8 Å².